The molecule has 1 aromatic carbocycles. The number of methoxy groups -OCH3 is 2. The summed E-state index contributed by atoms with van der Waals surface area (Å²) < 4.78 is 15.5. The Balaban J connectivity index is 2.64. The van der Waals surface area contributed by atoms with E-state index in [2.05, 4.69) is 0 Å². The van der Waals surface area contributed by atoms with Crippen molar-refractivity contribution in [2.75, 3.05) is 19.5 Å². The molecule has 2 rings (SSSR count). The summed E-state index contributed by atoms with van der Waals surface area (Å²) in [5, 5.41) is 30.1. The minimum absolute atomic E-state index is 0.175. The number of furan rings is 1. The second-order valence-electron chi connectivity index (χ2n) is 3.93. The van der Waals surface area contributed by atoms with Crippen molar-refractivity contribution >= 4 is 12.0 Å². The minimum atomic E-state index is -1.45. The zero-order valence-corrected chi connectivity index (χ0v) is 11.2. The number of ether oxygens (including phenoxy) is 2. The van der Waals surface area contributed by atoms with Crippen molar-refractivity contribution < 1.29 is 34.0 Å². The van der Waals surface area contributed by atoms with Gasteiger partial charge < -0.3 is 29.2 Å². The highest BCUT2D eigenvalue weighted by Crippen LogP contribution is 2.50. The molecule has 1 heterocycles. The Morgan fingerprint density at radius 1 is 1.14 bits per heavy atom. The largest absolute Gasteiger partial charge is 0.502 e. The molecule has 0 aliphatic rings. The highest BCUT2D eigenvalue weighted by molar-refractivity contribution is 5.88. The zero-order valence-electron chi connectivity index (χ0n) is 11.2. The van der Waals surface area contributed by atoms with E-state index in [9.17, 15) is 15.0 Å². The number of anilines is 1. The highest BCUT2D eigenvalue weighted by atomic mass is 16.5. The fraction of sp³-hybridized carbons (Fsp3) is 0.154. The first-order chi connectivity index (χ1) is 9.99. The van der Waals surface area contributed by atoms with Crippen molar-refractivity contribution in [3.63, 3.8) is 0 Å². The molecule has 4 N–H and O–H groups in total. The predicted octanol–water partition coefficient (Wildman–Crippen LogP) is 2.46. The minimum Gasteiger partial charge on any atom is -0.502 e. The van der Waals surface area contributed by atoms with Gasteiger partial charge in [-0.1, -0.05) is 6.07 Å². The van der Waals surface area contributed by atoms with Crippen molar-refractivity contribution in [3.05, 3.63) is 18.2 Å². The van der Waals surface area contributed by atoms with Gasteiger partial charge in [0.1, 0.15) is 17.1 Å². The molecule has 1 amide bonds. The Bertz CT molecular complexity index is 655. The first-order valence-corrected chi connectivity index (χ1v) is 5.75. The second-order valence-corrected chi connectivity index (χ2v) is 3.93. The number of amides is 1. The Kier molecular flexibility index (Phi) is 3.79. The third-order valence-electron chi connectivity index (χ3n) is 2.73. The summed E-state index contributed by atoms with van der Waals surface area (Å²) in [6, 6.07) is 4.86. The Labute approximate surface area is 119 Å². The molecular weight excluding hydrogens is 282 g/mol. The number of rotatable bonds is 4. The Hall–Kier alpha value is -3.03. The van der Waals surface area contributed by atoms with Crippen molar-refractivity contribution in [3.8, 4) is 34.3 Å². The van der Waals surface area contributed by atoms with Crippen LogP contribution in [-0.2, 0) is 0 Å². The standard InChI is InChI=1S/C13H13NO7/c1-19-6-4-3-5-7(20-2)8(6)11-9(15)10(16)12(21-11)14-13(17)18/h3-5,14-16H,1-2H3,(H,17,18). The maximum Gasteiger partial charge on any atom is 0.411 e. The highest BCUT2D eigenvalue weighted by Gasteiger charge is 2.26. The van der Waals surface area contributed by atoms with E-state index in [1.165, 1.54) is 14.2 Å². The molecule has 2 aromatic rings. The molecule has 0 saturated carbocycles. The van der Waals surface area contributed by atoms with Gasteiger partial charge in [0.2, 0.25) is 17.4 Å². The summed E-state index contributed by atoms with van der Waals surface area (Å²) in [5.41, 5.74) is 0.244. The zero-order chi connectivity index (χ0) is 15.6. The Morgan fingerprint density at radius 3 is 2.19 bits per heavy atom. The van der Waals surface area contributed by atoms with E-state index in [0.29, 0.717) is 11.5 Å². The molecule has 0 bridgehead atoms. The molecular formula is C13H13NO7. The van der Waals surface area contributed by atoms with Gasteiger partial charge in [0.05, 0.1) is 14.2 Å². The van der Waals surface area contributed by atoms with E-state index < -0.39 is 23.5 Å². The van der Waals surface area contributed by atoms with Gasteiger partial charge in [-0.15, -0.1) is 0 Å². The summed E-state index contributed by atoms with van der Waals surface area (Å²) in [5.74, 6) is -1.38. The lowest BCUT2D eigenvalue weighted by molar-refractivity contribution is 0.209. The molecule has 0 radical (unpaired) electrons. The van der Waals surface area contributed by atoms with E-state index in [-0.39, 0.29) is 11.3 Å². The third-order valence-corrected chi connectivity index (χ3v) is 2.73. The number of hydrogen-bond donors (Lipinski definition) is 4. The van der Waals surface area contributed by atoms with Gasteiger partial charge in [-0.2, -0.15) is 0 Å². The van der Waals surface area contributed by atoms with Crippen LogP contribution in [0, 0.1) is 0 Å². The average Bonchev–Trinajstić information content (AvgIpc) is 2.74. The number of carbonyl (C=O) groups is 1. The van der Waals surface area contributed by atoms with Crippen LogP contribution in [0.1, 0.15) is 0 Å². The molecule has 8 heteroatoms. The summed E-state index contributed by atoms with van der Waals surface area (Å²) in [6.07, 6.45) is -1.45. The van der Waals surface area contributed by atoms with Crippen LogP contribution in [0.25, 0.3) is 11.3 Å². The molecule has 0 atom stereocenters. The lowest BCUT2D eigenvalue weighted by Crippen LogP contribution is -2.06. The molecule has 0 fully saturated rings. The topological polar surface area (TPSA) is 121 Å². The van der Waals surface area contributed by atoms with Crippen molar-refractivity contribution in [1.29, 1.82) is 0 Å². The van der Waals surface area contributed by atoms with Crippen molar-refractivity contribution in [2.24, 2.45) is 0 Å². The van der Waals surface area contributed by atoms with Gasteiger partial charge >= 0.3 is 6.09 Å². The van der Waals surface area contributed by atoms with E-state index in [1.807, 2.05) is 5.32 Å². The molecule has 0 aliphatic heterocycles. The molecule has 8 nitrogen and oxygen atoms in total. The predicted molar refractivity (Wildman–Crippen MR) is 72.2 cm³/mol. The lowest BCUT2D eigenvalue weighted by Gasteiger charge is -2.10. The van der Waals surface area contributed by atoms with Crippen LogP contribution in [0.4, 0.5) is 10.7 Å². The van der Waals surface area contributed by atoms with Crippen molar-refractivity contribution in [2.45, 2.75) is 0 Å². The Morgan fingerprint density at radius 2 is 1.71 bits per heavy atom. The summed E-state index contributed by atoms with van der Waals surface area (Å²) in [6.45, 7) is 0. The number of aromatic hydroxyl groups is 2. The second kappa shape index (κ2) is 5.53. The SMILES string of the molecule is COc1cccc(OC)c1-c1oc(NC(=O)O)c(O)c1O. The smallest absolute Gasteiger partial charge is 0.411 e. The van der Waals surface area contributed by atoms with E-state index in [0.717, 1.165) is 0 Å². The maximum atomic E-state index is 10.6. The van der Waals surface area contributed by atoms with Crippen LogP contribution < -0.4 is 14.8 Å². The molecule has 0 saturated heterocycles. The van der Waals surface area contributed by atoms with E-state index in [4.69, 9.17) is 19.0 Å². The lowest BCUT2D eigenvalue weighted by atomic mass is 10.1. The molecule has 0 spiro atoms. The molecule has 0 unspecified atom stereocenters. The van der Waals surface area contributed by atoms with Gasteiger partial charge in [0.15, 0.2) is 5.76 Å². The molecule has 0 aliphatic carbocycles. The van der Waals surface area contributed by atoms with Gasteiger partial charge in [-0.05, 0) is 12.1 Å². The third kappa shape index (κ3) is 2.50. The molecule has 21 heavy (non-hydrogen) atoms. The fourth-order valence-electron chi connectivity index (χ4n) is 1.84. The van der Waals surface area contributed by atoms with Crippen molar-refractivity contribution in [1.82, 2.24) is 0 Å². The van der Waals surface area contributed by atoms with Crippen LogP contribution in [0.15, 0.2) is 22.6 Å². The monoisotopic (exact) mass is 295 g/mol. The van der Waals surface area contributed by atoms with Crippen LogP contribution in [-0.4, -0.2) is 35.6 Å². The summed E-state index contributed by atoms with van der Waals surface area (Å²) in [7, 11) is 2.82. The van der Waals surface area contributed by atoms with E-state index in [1.54, 1.807) is 18.2 Å². The van der Waals surface area contributed by atoms with Gasteiger partial charge in [0.25, 0.3) is 0 Å². The summed E-state index contributed by atoms with van der Waals surface area (Å²) >= 11 is 0. The first-order valence-electron chi connectivity index (χ1n) is 5.75. The van der Waals surface area contributed by atoms with Crippen LogP contribution >= 0.6 is 0 Å². The van der Waals surface area contributed by atoms with Crippen LogP contribution in [0.2, 0.25) is 0 Å². The first kappa shape index (κ1) is 14.4. The number of benzene rings is 1. The van der Waals surface area contributed by atoms with Gasteiger partial charge in [0, 0.05) is 0 Å². The average molecular weight is 295 g/mol. The number of carboxylic acid groups (broad SMARTS) is 1. The van der Waals surface area contributed by atoms with Crippen LogP contribution in [0.3, 0.4) is 0 Å². The molecule has 112 valence electrons. The maximum absolute atomic E-state index is 10.6. The van der Waals surface area contributed by atoms with Gasteiger partial charge in [-0.25, -0.2) is 4.79 Å². The fourth-order valence-corrected chi connectivity index (χ4v) is 1.84. The molecule has 1 aromatic heterocycles. The van der Waals surface area contributed by atoms with Crippen LogP contribution in [0.5, 0.6) is 23.0 Å². The van der Waals surface area contributed by atoms with E-state index >= 15 is 0 Å². The quantitative estimate of drug-likeness (QED) is 0.683. The summed E-state index contributed by atoms with van der Waals surface area (Å²) in [4.78, 5) is 10.6. The number of hydrogen-bond acceptors (Lipinski definition) is 6. The normalized spacial score (nSPS) is 10.2. The number of nitrogens with one attached hydrogen (secondary N) is 1. The van der Waals surface area contributed by atoms with Gasteiger partial charge in [-0.3, -0.25) is 5.32 Å².